The lowest BCUT2D eigenvalue weighted by molar-refractivity contribution is -0.121. The molecule has 0 aromatic heterocycles. The largest absolute Gasteiger partial charge is 0.365 e. The fraction of sp³-hybridized carbons (Fsp3) is 0.893. The normalized spacial score (nSPS) is 55.0. The van der Waals surface area contributed by atoms with E-state index in [1.807, 2.05) is 0 Å². The molecule has 4 nitrogen and oxygen atoms in total. The second-order valence-electron chi connectivity index (χ2n) is 13.2. The van der Waals surface area contributed by atoms with Crippen LogP contribution in [0, 0.1) is 40.4 Å². The predicted octanol–water partition coefficient (Wildman–Crippen LogP) is 4.84. The number of hydrogen-bond acceptors (Lipinski definition) is 3. The number of carbonyl (C=O) groups excluding carboxylic acids is 1. The fourth-order valence-corrected chi connectivity index (χ4v) is 9.93. The molecule has 2 saturated carbocycles. The first-order chi connectivity index (χ1) is 15.2. The Morgan fingerprint density at radius 3 is 2.66 bits per heavy atom. The van der Waals surface area contributed by atoms with Crippen LogP contribution in [0.4, 0.5) is 0 Å². The summed E-state index contributed by atoms with van der Waals surface area (Å²) < 4.78 is 7.07. The summed E-state index contributed by atoms with van der Waals surface area (Å²) >= 11 is 0. The smallest absolute Gasteiger partial charge is 0.220 e. The number of piperidine rings is 1. The molecule has 3 heterocycles. The molecule has 32 heavy (non-hydrogen) atoms. The van der Waals surface area contributed by atoms with E-state index >= 15 is 0 Å². The molecule has 1 spiro atoms. The molecule has 3 saturated heterocycles. The minimum atomic E-state index is -0.0522. The molecule has 6 rings (SSSR count). The number of rotatable bonds is 0. The Morgan fingerprint density at radius 1 is 1.03 bits per heavy atom. The maximum absolute atomic E-state index is 12.3. The number of fused-ring (bicyclic) bond motifs is 6. The highest BCUT2D eigenvalue weighted by Gasteiger charge is 2.64. The second kappa shape index (κ2) is 7.07. The maximum Gasteiger partial charge on any atom is 0.220 e. The topological polar surface area (TPSA) is 50.4 Å². The zero-order valence-electron chi connectivity index (χ0n) is 20.9. The quantitative estimate of drug-likeness (QED) is 0.530. The van der Waals surface area contributed by atoms with Gasteiger partial charge in [-0.1, -0.05) is 33.3 Å². The number of ether oxygens (including phenoxy) is 1. The average Bonchev–Trinajstić information content (AvgIpc) is 3.16. The van der Waals surface area contributed by atoms with Gasteiger partial charge in [0.15, 0.2) is 0 Å². The Balaban J connectivity index is 1.37. The zero-order chi connectivity index (χ0) is 22.5. The summed E-state index contributed by atoms with van der Waals surface area (Å²) in [6.07, 6.45) is 9.67. The molecule has 3 aliphatic heterocycles. The number of hydrogen-bond donors (Lipinski definition) is 2. The first-order valence-corrected chi connectivity index (χ1v) is 13.6. The minimum Gasteiger partial charge on any atom is -0.365 e. The van der Waals surface area contributed by atoms with Crippen molar-refractivity contribution in [2.45, 2.75) is 104 Å². The van der Waals surface area contributed by atoms with Crippen LogP contribution in [0.2, 0.25) is 0 Å². The van der Waals surface area contributed by atoms with Crippen molar-refractivity contribution >= 4 is 5.91 Å². The van der Waals surface area contributed by atoms with Gasteiger partial charge in [0.05, 0.1) is 11.7 Å². The Morgan fingerprint density at radius 2 is 1.84 bits per heavy atom. The minimum absolute atomic E-state index is 0.0522. The Kier molecular flexibility index (Phi) is 4.78. The van der Waals surface area contributed by atoms with Gasteiger partial charge in [-0.15, -0.1) is 0 Å². The van der Waals surface area contributed by atoms with Crippen molar-refractivity contribution in [3.8, 4) is 0 Å². The number of carbonyl (C=O) groups is 1. The van der Waals surface area contributed by atoms with Crippen molar-refractivity contribution in [3.05, 3.63) is 11.1 Å². The lowest BCUT2D eigenvalue weighted by Crippen LogP contribution is -2.50. The molecule has 0 bridgehead atoms. The van der Waals surface area contributed by atoms with E-state index in [-0.39, 0.29) is 16.9 Å². The van der Waals surface area contributed by atoms with Gasteiger partial charge < -0.3 is 15.4 Å². The van der Waals surface area contributed by atoms with E-state index in [0.717, 1.165) is 19.5 Å². The molecule has 0 aromatic rings. The van der Waals surface area contributed by atoms with Crippen molar-refractivity contribution in [1.29, 1.82) is 0 Å². The van der Waals surface area contributed by atoms with Crippen LogP contribution in [0.1, 0.15) is 86.0 Å². The summed E-state index contributed by atoms with van der Waals surface area (Å²) in [6.45, 7) is 14.4. The van der Waals surface area contributed by atoms with Crippen LogP contribution in [0.5, 0.6) is 0 Å². The molecule has 2 N–H and O–H groups in total. The van der Waals surface area contributed by atoms with Gasteiger partial charge >= 0.3 is 0 Å². The molecule has 5 fully saturated rings. The van der Waals surface area contributed by atoms with Crippen LogP contribution in [0.3, 0.4) is 0 Å². The van der Waals surface area contributed by atoms with Crippen LogP contribution in [-0.2, 0) is 9.53 Å². The zero-order valence-corrected chi connectivity index (χ0v) is 20.9. The van der Waals surface area contributed by atoms with Crippen LogP contribution in [0.25, 0.3) is 0 Å². The lowest BCUT2D eigenvalue weighted by atomic mass is 9.50. The van der Waals surface area contributed by atoms with E-state index in [1.165, 1.54) is 38.5 Å². The summed E-state index contributed by atoms with van der Waals surface area (Å²) in [5.41, 5.74) is 3.97. The van der Waals surface area contributed by atoms with Crippen molar-refractivity contribution in [2.24, 2.45) is 40.4 Å². The molecule has 178 valence electrons. The van der Waals surface area contributed by atoms with Crippen LogP contribution < -0.4 is 10.6 Å². The lowest BCUT2D eigenvalue weighted by Gasteiger charge is -2.55. The van der Waals surface area contributed by atoms with E-state index in [4.69, 9.17) is 4.74 Å². The maximum atomic E-state index is 12.3. The molecule has 1 amide bonds. The summed E-state index contributed by atoms with van der Waals surface area (Å²) in [7, 11) is 0. The summed E-state index contributed by atoms with van der Waals surface area (Å²) in [4.78, 5) is 12.3. The Labute approximate surface area is 194 Å². The standard InChI is InChI=1S/C28H44N2O2/c1-16-12-22-25(30-14-16)18(3)28(32-22)11-7-21-20(17(28)2)13-23-26(4)10-8-24(31)29-15-19(26)6-9-27(21,23)5/h16,18-19,21-23,25,30H,6-15H2,1-5H3,(H,29,31)/t16-,18+,19+,21+,22+,23+,25-,26-,27-,28-/m0/s1. The fourth-order valence-electron chi connectivity index (χ4n) is 9.93. The van der Waals surface area contributed by atoms with E-state index in [0.29, 0.717) is 53.6 Å². The van der Waals surface area contributed by atoms with Gasteiger partial charge in [0.25, 0.3) is 0 Å². The first-order valence-electron chi connectivity index (χ1n) is 13.6. The van der Waals surface area contributed by atoms with E-state index in [1.54, 1.807) is 11.1 Å². The van der Waals surface area contributed by atoms with Gasteiger partial charge in [0.2, 0.25) is 5.91 Å². The summed E-state index contributed by atoms with van der Waals surface area (Å²) in [5.74, 6) is 3.57. The third-order valence-corrected chi connectivity index (χ3v) is 11.9. The third kappa shape index (κ3) is 2.72. The van der Waals surface area contributed by atoms with Crippen molar-refractivity contribution in [1.82, 2.24) is 10.6 Å². The van der Waals surface area contributed by atoms with Crippen LogP contribution >= 0.6 is 0 Å². The summed E-state index contributed by atoms with van der Waals surface area (Å²) in [6, 6.07) is 0.512. The van der Waals surface area contributed by atoms with Gasteiger partial charge in [0, 0.05) is 24.9 Å². The molecule has 3 aliphatic carbocycles. The van der Waals surface area contributed by atoms with E-state index in [2.05, 4.69) is 45.3 Å². The van der Waals surface area contributed by atoms with Crippen molar-refractivity contribution in [2.75, 3.05) is 13.1 Å². The van der Waals surface area contributed by atoms with Gasteiger partial charge in [0.1, 0.15) is 0 Å². The number of allylic oxidation sites excluding steroid dienone is 1. The second-order valence-corrected chi connectivity index (χ2v) is 13.2. The molecule has 0 radical (unpaired) electrons. The highest BCUT2D eigenvalue weighted by atomic mass is 16.5. The summed E-state index contributed by atoms with van der Waals surface area (Å²) in [5, 5.41) is 7.09. The molecule has 6 aliphatic rings. The Bertz CT molecular complexity index is 852. The van der Waals surface area contributed by atoms with E-state index < -0.39 is 0 Å². The Hall–Kier alpha value is -0.870. The molecule has 4 heteroatoms. The van der Waals surface area contributed by atoms with E-state index in [9.17, 15) is 4.79 Å². The van der Waals surface area contributed by atoms with Crippen LogP contribution in [0.15, 0.2) is 11.1 Å². The van der Waals surface area contributed by atoms with Gasteiger partial charge in [-0.3, -0.25) is 4.79 Å². The van der Waals surface area contributed by atoms with Crippen molar-refractivity contribution in [3.63, 3.8) is 0 Å². The average molecular weight is 441 g/mol. The number of nitrogens with one attached hydrogen (secondary N) is 2. The monoisotopic (exact) mass is 440 g/mol. The van der Waals surface area contributed by atoms with Gasteiger partial charge in [-0.25, -0.2) is 0 Å². The molecular formula is C28H44N2O2. The number of amides is 1. The predicted molar refractivity (Wildman–Crippen MR) is 127 cm³/mol. The third-order valence-electron chi connectivity index (χ3n) is 11.9. The first kappa shape index (κ1) is 21.6. The van der Waals surface area contributed by atoms with Gasteiger partial charge in [-0.05, 0) is 98.5 Å². The van der Waals surface area contributed by atoms with Gasteiger partial charge in [-0.2, -0.15) is 0 Å². The highest BCUT2D eigenvalue weighted by Crippen LogP contribution is 2.70. The molecular weight excluding hydrogens is 396 g/mol. The van der Waals surface area contributed by atoms with Crippen molar-refractivity contribution < 1.29 is 9.53 Å². The highest BCUT2D eigenvalue weighted by molar-refractivity contribution is 5.76. The molecule has 10 atom stereocenters. The van der Waals surface area contributed by atoms with Crippen LogP contribution in [-0.4, -0.2) is 36.7 Å². The molecule has 0 unspecified atom stereocenters. The molecule has 0 aromatic carbocycles. The SMILES string of the molecule is CC1=C2C[C@@H]3[C@@]4(C)CCC(=O)NC[C@H]4CC[C@@]3(C)[C@@H]2CC[C@]12O[C@@H]1C[C@H](C)CN[C@H]1[C@H]2C.